The molecule has 1 aliphatic heterocycles. The van der Waals surface area contributed by atoms with Crippen LogP contribution in [0.3, 0.4) is 0 Å². The van der Waals surface area contributed by atoms with E-state index in [0.29, 0.717) is 0 Å². The molecule has 0 spiro atoms. The summed E-state index contributed by atoms with van der Waals surface area (Å²) in [6.07, 6.45) is 3.27. The third-order valence-electron chi connectivity index (χ3n) is 5.17. The maximum absolute atomic E-state index is 4.85. The molecule has 0 saturated heterocycles. The van der Waals surface area contributed by atoms with E-state index in [9.17, 15) is 0 Å². The highest BCUT2D eigenvalue weighted by Gasteiger charge is 2.18. The van der Waals surface area contributed by atoms with Crippen molar-refractivity contribution >= 4 is 21.6 Å². The van der Waals surface area contributed by atoms with E-state index < -0.39 is 0 Å². The van der Waals surface area contributed by atoms with Gasteiger partial charge in [-0.05, 0) is 54.3 Å². The number of benzene rings is 2. The number of nitrogens with zero attached hydrogens (tertiary/aromatic N) is 3. The summed E-state index contributed by atoms with van der Waals surface area (Å²) in [4.78, 5) is 7.38. The molecule has 26 heavy (non-hydrogen) atoms. The minimum atomic E-state index is 0.955. The molecule has 1 aliphatic rings. The molecule has 3 heterocycles. The van der Waals surface area contributed by atoms with Crippen molar-refractivity contribution in [3.63, 3.8) is 0 Å². The third kappa shape index (κ3) is 2.85. The van der Waals surface area contributed by atoms with Crippen LogP contribution in [0, 0.1) is 6.92 Å². The molecule has 0 atom stereocenters. The van der Waals surface area contributed by atoms with Crippen LogP contribution in [0.4, 0.5) is 0 Å². The minimum Gasteiger partial charge on any atom is -0.296 e. The lowest BCUT2D eigenvalue weighted by Gasteiger charge is -2.28. The van der Waals surface area contributed by atoms with Gasteiger partial charge in [0.2, 0.25) is 0 Å². The second-order valence-electron chi connectivity index (χ2n) is 7.07. The molecule has 0 unspecified atom stereocenters. The maximum Gasteiger partial charge on any atom is 0.194 e. The standard InChI is InChI=1S/C22H21N3S/c1-16-8-9-20-21(13-16)26-22(23-20)25-11-4-7-19(25)15-24-12-10-17-5-2-3-6-18(17)14-24/h2-9,11,13H,10,12,14-15H2,1H3. The number of thiazole rings is 1. The van der Waals surface area contributed by atoms with E-state index >= 15 is 0 Å². The van der Waals surface area contributed by atoms with Crippen LogP contribution in [-0.2, 0) is 19.5 Å². The molecule has 0 bridgehead atoms. The minimum absolute atomic E-state index is 0.955. The van der Waals surface area contributed by atoms with Crippen LogP contribution in [0.1, 0.15) is 22.4 Å². The number of rotatable bonds is 3. The van der Waals surface area contributed by atoms with Gasteiger partial charge >= 0.3 is 0 Å². The molecule has 0 N–H and O–H groups in total. The molecule has 2 aromatic carbocycles. The zero-order valence-electron chi connectivity index (χ0n) is 14.9. The van der Waals surface area contributed by atoms with Crippen LogP contribution in [0.2, 0.25) is 0 Å². The quantitative estimate of drug-likeness (QED) is 0.516. The maximum atomic E-state index is 4.85. The van der Waals surface area contributed by atoms with Crippen LogP contribution in [-0.4, -0.2) is 21.0 Å². The Hall–Kier alpha value is -2.43. The van der Waals surface area contributed by atoms with Gasteiger partial charge in [-0.1, -0.05) is 41.7 Å². The van der Waals surface area contributed by atoms with Crippen LogP contribution in [0.25, 0.3) is 15.3 Å². The van der Waals surface area contributed by atoms with E-state index in [0.717, 1.165) is 36.7 Å². The molecule has 4 heteroatoms. The Kier molecular flexibility index (Phi) is 3.88. The topological polar surface area (TPSA) is 21.1 Å². The summed E-state index contributed by atoms with van der Waals surface area (Å²) >= 11 is 1.77. The average Bonchev–Trinajstić information content (AvgIpc) is 3.27. The smallest absolute Gasteiger partial charge is 0.194 e. The van der Waals surface area contributed by atoms with Gasteiger partial charge in [0.25, 0.3) is 0 Å². The van der Waals surface area contributed by atoms with E-state index in [1.54, 1.807) is 11.3 Å². The van der Waals surface area contributed by atoms with Crippen molar-refractivity contribution in [3.8, 4) is 5.13 Å². The van der Waals surface area contributed by atoms with Crippen molar-refractivity contribution in [2.75, 3.05) is 6.54 Å². The molecule has 0 fully saturated rings. The Labute approximate surface area is 157 Å². The molecule has 0 radical (unpaired) electrons. The van der Waals surface area contributed by atoms with E-state index in [2.05, 4.69) is 77.2 Å². The second kappa shape index (κ2) is 6.38. The highest BCUT2D eigenvalue weighted by molar-refractivity contribution is 7.20. The molecule has 3 nitrogen and oxygen atoms in total. The highest BCUT2D eigenvalue weighted by atomic mass is 32.1. The van der Waals surface area contributed by atoms with E-state index in [-0.39, 0.29) is 0 Å². The average molecular weight is 359 g/mol. The van der Waals surface area contributed by atoms with Crippen LogP contribution in [0.15, 0.2) is 60.8 Å². The summed E-state index contributed by atoms with van der Waals surface area (Å²) in [7, 11) is 0. The first-order valence-electron chi connectivity index (χ1n) is 9.09. The van der Waals surface area contributed by atoms with Crippen molar-refractivity contribution in [1.29, 1.82) is 0 Å². The highest BCUT2D eigenvalue weighted by Crippen LogP contribution is 2.28. The fourth-order valence-corrected chi connectivity index (χ4v) is 4.85. The first kappa shape index (κ1) is 15.8. The Bertz CT molecular complexity index is 1080. The Morgan fingerprint density at radius 2 is 1.92 bits per heavy atom. The van der Waals surface area contributed by atoms with Crippen molar-refractivity contribution < 1.29 is 0 Å². The van der Waals surface area contributed by atoms with Crippen molar-refractivity contribution in [1.82, 2.24) is 14.5 Å². The zero-order valence-corrected chi connectivity index (χ0v) is 15.7. The van der Waals surface area contributed by atoms with Gasteiger partial charge in [0.15, 0.2) is 5.13 Å². The molecule has 0 aliphatic carbocycles. The van der Waals surface area contributed by atoms with Crippen molar-refractivity contribution in [3.05, 3.63) is 83.2 Å². The Balaban J connectivity index is 1.42. The fourth-order valence-electron chi connectivity index (χ4n) is 3.77. The number of hydrogen-bond donors (Lipinski definition) is 0. The number of aryl methyl sites for hydroxylation is 1. The lowest BCUT2D eigenvalue weighted by Crippen LogP contribution is -2.30. The summed E-state index contributed by atoms with van der Waals surface area (Å²) in [6.45, 7) is 5.23. The molecular formula is C22H21N3S. The van der Waals surface area contributed by atoms with Crippen LogP contribution in [0.5, 0.6) is 0 Å². The van der Waals surface area contributed by atoms with E-state index in [4.69, 9.17) is 4.98 Å². The van der Waals surface area contributed by atoms with Crippen LogP contribution < -0.4 is 0 Å². The molecule has 5 rings (SSSR count). The molecule has 0 saturated carbocycles. The predicted octanol–water partition coefficient (Wildman–Crippen LogP) is 4.95. The summed E-state index contributed by atoms with van der Waals surface area (Å²) in [5.74, 6) is 0. The van der Waals surface area contributed by atoms with Crippen molar-refractivity contribution in [2.45, 2.75) is 26.4 Å². The zero-order chi connectivity index (χ0) is 17.5. The molecule has 130 valence electrons. The lowest BCUT2D eigenvalue weighted by molar-refractivity contribution is 0.241. The SMILES string of the molecule is Cc1ccc2nc(-n3cccc3CN3CCc4ccccc4C3)sc2c1. The van der Waals surface area contributed by atoms with Gasteiger partial charge in [0.05, 0.1) is 10.2 Å². The van der Waals surface area contributed by atoms with Gasteiger partial charge in [0, 0.05) is 31.5 Å². The largest absolute Gasteiger partial charge is 0.296 e. The molecule has 4 aromatic rings. The number of aromatic nitrogens is 2. The van der Waals surface area contributed by atoms with E-state index in [1.165, 1.54) is 27.1 Å². The summed E-state index contributed by atoms with van der Waals surface area (Å²) in [6, 6.07) is 19.6. The summed E-state index contributed by atoms with van der Waals surface area (Å²) in [5, 5.41) is 1.06. The summed E-state index contributed by atoms with van der Waals surface area (Å²) in [5.41, 5.74) is 6.64. The van der Waals surface area contributed by atoms with Gasteiger partial charge in [-0.25, -0.2) is 4.98 Å². The van der Waals surface area contributed by atoms with Gasteiger partial charge in [0.1, 0.15) is 0 Å². The molecular weight excluding hydrogens is 338 g/mol. The second-order valence-corrected chi connectivity index (χ2v) is 8.08. The Morgan fingerprint density at radius 3 is 2.85 bits per heavy atom. The summed E-state index contributed by atoms with van der Waals surface area (Å²) < 4.78 is 3.51. The molecule has 2 aromatic heterocycles. The van der Waals surface area contributed by atoms with Gasteiger partial charge in [-0.2, -0.15) is 0 Å². The number of fused-ring (bicyclic) bond motifs is 2. The van der Waals surface area contributed by atoms with Gasteiger partial charge < -0.3 is 0 Å². The van der Waals surface area contributed by atoms with Gasteiger partial charge in [-0.3, -0.25) is 9.47 Å². The lowest BCUT2D eigenvalue weighted by atomic mass is 10.00. The first-order valence-corrected chi connectivity index (χ1v) is 9.91. The third-order valence-corrected chi connectivity index (χ3v) is 6.18. The normalized spacial score (nSPS) is 14.7. The Morgan fingerprint density at radius 1 is 1.04 bits per heavy atom. The monoisotopic (exact) mass is 359 g/mol. The van der Waals surface area contributed by atoms with Crippen molar-refractivity contribution in [2.24, 2.45) is 0 Å². The van der Waals surface area contributed by atoms with Gasteiger partial charge in [-0.15, -0.1) is 0 Å². The molecule has 0 amide bonds. The van der Waals surface area contributed by atoms with Crippen LogP contribution >= 0.6 is 11.3 Å². The van der Waals surface area contributed by atoms with E-state index in [1.807, 2.05) is 0 Å². The fraction of sp³-hybridized carbons (Fsp3) is 0.227. The predicted molar refractivity (Wildman–Crippen MR) is 108 cm³/mol. The number of hydrogen-bond acceptors (Lipinski definition) is 3. The first-order chi connectivity index (χ1) is 12.8.